The van der Waals surface area contributed by atoms with E-state index in [1.807, 2.05) is 25.5 Å². The maximum Gasteiger partial charge on any atom is 0.334 e. The minimum absolute atomic E-state index is 0.127. The van der Waals surface area contributed by atoms with Crippen molar-refractivity contribution in [3.63, 3.8) is 0 Å². The Kier molecular flexibility index (Phi) is 3.74. The third kappa shape index (κ3) is 2.56. The number of aromatic nitrogens is 2. The maximum absolute atomic E-state index is 6.55. The molecule has 0 amide bonds. The van der Waals surface area contributed by atoms with Gasteiger partial charge in [0, 0.05) is 16.8 Å². The molecule has 0 atom stereocenters. The average Bonchev–Trinajstić information content (AvgIpc) is 3.04. The second-order valence-corrected chi connectivity index (χ2v) is 9.92. The zero-order chi connectivity index (χ0) is 20.6. The molecule has 4 aromatic rings. The van der Waals surface area contributed by atoms with Crippen LogP contribution in [0.25, 0.3) is 33.3 Å². The lowest BCUT2D eigenvalue weighted by Crippen LogP contribution is -2.33. The van der Waals surface area contributed by atoms with Gasteiger partial charge in [-0.15, -0.1) is 0 Å². The van der Waals surface area contributed by atoms with Crippen molar-refractivity contribution in [3.8, 4) is 11.4 Å². The monoisotopic (exact) mass is 385 g/mol. The van der Waals surface area contributed by atoms with Gasteiger partial charge in [0.25, 0.3) is 0 Å². The highest BCUT2D eigenvalue weighted by Gasteiger charge is 2.39. The molecule has 0 aliphatic heterocycles. The molecular formula is C26H29N2O+. The van der Waals surface area contributed by atoms with Crippen molar-refractivity contribution in [3.05, 3.63) is 59.4 Å². The molecule has 2 aromatic heterocycles. The van der Waals surface area contributed by atoms with Gasteiger partial charge in [0.2, 0.25) is 0 Å². The van der Waals surface area contributed by atoms with E-state index in [9.17, 15) is 0 Å². The van der Waals surface area contributed by atoms with E-state index in [0.717, 1.165) is 22.6 Å². The number of hydrogen-bond donors (Lipinski definition) is 0. The molecule has 3 heteroatoms. The summed E-state index contributed by atoms with van der Waals surface area (Å²) in [4.78, 5) is 4.67. The third-order valence-electron chi connectivity index (χ3n) is 6.95. The van der Waals surface area contributed by atoms with E-state index in [4.69, 9.17) is 4.42 Å². The highest BCUT2D eigenvalue weighted by molar-refractivity contribution is 6.11. The van der Waals surface area contributed by atoms with Crippen LogP contribution in [0.4, 0.5) is 0 Å². The topological polar surface area (TPSA) is 29.9 Å². The van der Waals surface area contributed by atoms with Gasteiger partial charge >= 0.3 is 5.82 Å². The smallest absolute Gasteiger partial charge is 0.334 e. The van der Waals surface area contributed by atoms with Crippen molar-refractivity contribution in [1.29, 1.82) is 0 Å². The molecule has 1 aliphatic carbocycles. The predicted molar refractivity (Wildman–Crippen MR) is 118 cm³/mol. The Morgan fingerprint density at radius 1 is 1.00 bits per heavy atom. The van der Waals surface area contributed by atoms with Gasteiger partial charge in [-0.2, -0.15) is 0 Å². The summed E-state index contributed by atoms with van der Waals surface area (Å²) in [7, 11) is 2.04. The first-order valence-corrected chi connectivity index (χ1v) is 10.5. The number of rotatable bonds is 1. The first-order valence-electron chi connectivity index (χ1n) is 10.5. The lowest BCUT2D eigenvalue weighted by atomic mass is 9.62. The van der Waals surface area contributed by atoms with Crippen LogP contribution in [-0.4, -0.2) is 4.98 Å². The minimum Gasteiger partial charge on any atom is -0.455 e. The van der Waals surface area contributed by atoms with Crippen LogP contribution in [0.15, 0.2) is 47.1 Å². The SMILES string of the molecule is Cc1ccc2c(oc3ccc4c(c32)C(C)(C)CCC4(C)C)c1-c1nccc[n+]1C. The normalized spacial score (nSPS) is 17.6. The Morgan fingerprint density at radius 3 is 2.52 bits per heavy atom. The van der Waals surface area contributed by atoms with E-state index in [-0.39, 0.29) is 10.8 Å². The van der Waals surface area contributed by atoms with Crippen LogP contribution in [-0.2, 0) is 17.9 Å². The molecule has 0 saturated heterocycles. The number of aryl methyl sites for hydroxylation is 2. The molecule has 3 nitrogen and oxygen atoms in total. The van der Waals surface area contributed by atoms with Crippen molar-refractivity contribution in [2.45, 2.75) is 58.3 Å². The molecule has 0 saturated carbocycles. The third-order valence-corrected chi connectivity index (χ3v) is 6.95. The molecule has 0 radical (unpaired) electrons. The van der Waals surface area contributed by atoms with Gasteiger partial charge in [0.05, 0.1) is 13.2 Å². The Hall–Kier alpha value is -2.68. The quantitative estimate of drug-likeness (QED) is 0.369. The van der Waals surface area contributed by atoms with Gasteiger partial charge in [-0.3, -0.25) is 0 Å². The van der Waals surface area contributed by atoms with Crippen molar-refractivity contribution < 1.29 is 8.98 Å². The van der Waals surface area contributed by atoms with Crippen molar-refractivity contribution in [1.82, 2.24) is 4.98 Å². The first kappa shape index (κ1) is 18.4. The summed E-state index contributed by atoms with van der Waals surface area (Å²) in [6, 6.07) is 10.9. The molecule has 0 bridgehead atoms. The number of nitrogens with zero attached hydrogens (tertiary/aromatic N) is 2. The molecule has 29 heavy (non-hydrogen) atoms. The van der Waals surface area contributed by atoms with E-state index in [1.165, 1.54) is 40.3 Å². The van der Waals surface area contributed by atoms with Gasteiger partial charge in [-0.05, 0) is 58.3 Å². The number of hydrogen-bond acceptors (Lipinski definition) is 2. The van der Waals surface area contributed by atoms with E-state index < -0.39 is 0 Å². The van der Waals surface area contributed by atoms with Crippen LogP contribution >= 0.6 is 0 Å². The predicted octanol–water partition coefficient (Wildman–Crippen LogP) is 6.13. The molecule has 148 valence electrons. The maximum atomic E-state index is 6.55. The summed E-state index contributed by atoms with van der Waals surface area (Å²) in [6.07, 6.45) is 6.29. The number of fused-ring (bicyclic) bond motifs is 5. The summed E-state index contributed by atoms with van der Waals surface area (Å²) in [6.45, 7) is 11.6. The van der Waals surface area contributed by atoms with Gasteiger partial charge < -0.3 is 4.42 Å². The van der Waals surface area contributed by atoms with Gasteiger partial charge in [-0.25, -0.2) is 4.57 Å². The van der Waals surface area contributed by atoms with Gasteiger partial charge in [0.15, 0.2) is 5.58 Å². The van der Waals surface area contributed by atoms with Crippen LogP contribution in [0.1, 0.15) is 57.2 Å². The molecule has 0 fully saturated rings. The van der Waals surface area contributed by atoms with Crippen molar-refractivity contribution >= 4 is 21.9 Å². The van der Waals surface area contributed by atoms with E-state index in [2.05, 4.69) is 68.4 Å². The Morgan fingerprint density at radius 2 is 1.76 bits per heavy atom. The summed E-state index contributed by atoms with van der Waals surface area (Å²) in [5.74, 6) is 0.933. The fraction of sp³-hybridized carbons (Fsp3) is 0.385. The summed E-state index contributed by atoms with van der Waals surface area (Å²) < 4.78 is 8.62. The Balaban J connectivity index is 1.95. The van der Waals surface area contributed by atoms with E-state index >= 15 is 0 Å². The summed E-state index contributed by atoms with van der Waals surface area (Å²) >= 11 is 0. The largest absolute Gasteiger partial charge is 0.455 e. The minimum atomic E-state index is 0.127. The number of furan rings is 1. The lowest BCUT2D eigenvalue weighted by molar-refractivity contribution is -0.663. The zero-order valence-corrected chi connectivity index (χ0v) is 18.3. The van der Waals surface area contributed by atoms with E-state index in [1.54, 1.807) is 0 Å². The standard InChI is InChI=1S/C26H29N2O/c1-16-8-9-17-21-19(29-23(17)20(16)24-27-14-7-15-28(24)6)11-10-18-22(21)26(4,5)13-12-25(18,2)3/h7-11,14-15H,12-13H2,1-6H3/q+1. The highest BCUT2D eigenvalue weighted by Crippen LogP contribution is 2.51. The van der Waals surface area contributed by atoms with Crippen molar-refractivity contribution in [2.24, 2.45) is 7.05 Å². The van der Waals surface area contributed by atoms with Gasteiger partial charge in [0.1, 0.15) is 17.3 Å². The zero-order valence-electron chi connectivity index (χ0n) is 18.3. The molecular weight excluding hydrogens is 356 g/mol. The van der Waals surface area contributed by atoms with Crippen LogP contribution in [0.5, 0.6) is 0 Å². The Bertz CT molecular complexity index is 1280. The van der Waals surface area contributed by atoms with Crippen molar-refractivity contribution in [2.75, 3.05) is 0 Å². The van der Waals surface area contributed by atoms with Crippen LogP contribution < -0.4 is 4.57 Å². The summed E-state index contributed by atoms with van der Waals surface area (Å²) in [5, 5.41) is 2.49. The van der Waals surface area contributed by atoms with Gasteiger partial charge in [-0.1, -0.05) is 45.9 Å². The van der Waals surface area contributed by atoms with E-state index in [0.29, 0.717) is 0 Å². The fourth-order valence-electron chi connectivity index (χ4n) is 5.14. The molecule has 0 N–H and O–H groups in total. The first-order chi connectivity index (χ1) is 13.7. The van der Waals surface area contributed by atoms with Crippen LogP contribution in [0, 0.1) is 6.92 Å². The van der Waals surface area contributed by atoms with Crippen LogP contribution in [0.3, 0.4) is 0 Å². The molecule has 5 rings (SSSR count). The Labute approximate surface area is 172 Å². The fourth-order valence-corrected chi connectivity index (χ4v) is 5.14. The second kappa shape index (κ2) is 5.91. The highest BCUT2D eigenvalue weighted by atomic mass is 16.3. The second-order valence-electron chi connectivity index (χ2n) is 9.92. The lowest BCUT2D eigenvalue weighted by Gasteiger charge is -2.42. The number of benzene rings is 2. The summed E-state index contributed by atoms with van der Waals surface area (Å²) in [5.41, 5.74) is 7.44. The average molecular weight is 386 g/mol. The van der Waals surface area contributed by atoms with Crippen LogP contribution in [0.2, 0.25) is 0 Å². The molecule has 1 aliphatic rings. The molecule has 0 unspecified atom stereocenters. The molecule has 0 spiro atoms. The molecule has 2 heterocycles. The molecule has 2 aromatic carbocycles.